The highest BCUT2D eigenvalue weighted by molar-refractivity contribution is 14.1. The Hall–Kier alpha value is -0.400. The summed E-state index contributed by atoms with van der Waals surface area (Å²) in [6, 6.07) is 1.74. The van der Waals surface area contributed by atoms with E-state index in [0.717, 1.165) is 3.57 Å². The molecule has 1 aromatic heterocycles. The van der Waals surface area contributed by atoms with Crippen LogP contribution in [-0.4, -0.2) is 28.6 Å². The molecule has 1 aromatic rings. The van der Waals surface area contributed by atoms with E-state index in [1.807, 2.05) is 0 Å². The Morgan fingerprint density at radius 2 is 2.40 bits per heavy atom. The summed E-state index contributed by atoms with van der Waals surface area (Å²) in [4.78, 5) is 17.1. The van der Waals surface area contributed by atoms with Crippen LogP contribution in [0.25, 0.3) is 0 Å². The number of hydrogen-bond acceptors (Lipinski definition) is 3. The van der Waals surface area contributed by atoms with Crippen molar-refractivity contribution in [2.45, 2.75) is 12.5 Å². The average Bonchev–Trinajstić information content (AvgIpc) is 2.45. The number of amides is 1. The summed E-state index contributed by atoms with van der Waals surface area (Å²) in [6.45, 7) is 0.309. The van der Waals surface area contributed by atoms with Crippen LogP contribution in [0.3, 0.4) is 0 Å². The lowest BCUT2D eigenvalue weighted by molar-refractivity contribution is -0.117. The zero-order valence-electron chi connectivity index (χ0n) is 7.65. The van der Waals surface area contributed by atoms with Crippen LogP contribution in [0.15, 0.2) is 12.3 Å². The fourth-order valence-electron chi connectivity index (χ4n) is 1.50. The Kier molecular flexibility index (Phi) is 3.13. The standard InChI is InChI=1S/C9H8ClIN2O2/c10-5-1-7(11)9(12-3-5)13-4-6(14)2-8(13)15/h1,3,6,14H,2,4H2. The molecule has 0 spiro atoms. The Balaban J connectivity index is 2.34. The highest BCUT2D eigenvalue weighted by atomic mass is 127. The summed E-state index contributed by atoms with van der Waals surface area (Å²) in [5, 5.41) is 9.90. The van der Waals surface area contributed by atoms with Crippen molar-refractivity contribution in [1.82, 2.24) is 4.98 Å². The molecule has 15 heavy (non-hydrogen) atoms. The summed E-state index contributed by atoms with van der Waals surface area (Å²) in [7, 11) is 0. The first kappa shape index (κ1) is 11.1. The minimum Gasteiger partial charge on any atom is -0.391 e. The van der Waals surface area contributed by atoms with Gasteiger partial charge in [-0.15, -0.1) is 0 Å². The molecule has 1 N–H and O–H groups in total. The third kappa shape index (κ3) is 2.24. The molecule has 1 aliphatic rings. The fraction of sp³-hybridized carbons (Fsp3) is 0.333. The molecular weight excluding hydrogens is 330 g/mol. The van der Waals surface area contributed by atoms with Gasteiger partial charge in [-0.3, -0.25) is 9.69 Å². The van der Waals surface area contributed by atoms with Crippen molar-refractivity contribution in [3.63, 3.8) is 0 Å². The number of hydrogen-bond donors (Lipinski definition) is 1. The first-order chi connectivity index (χ1) is 7.08. The number of aromatic nitrogens is 1. The average molecular weight is 339 g/mol. The number of carbonyl (C=O) groups excluding carboxylic acids is 1. The number of aliphatic hydroxyl groups excluding tert-OH is 1. The van der Waals surface area contributed by atoms with Crippen molar-refractivity contribution in [3.05, 3.63) is 20.9 Å². The van der Waals surface area contributed by atoms with Gasteiger partial charge in [-0.25, -0.2) is 4.98 Å². The van der Waals surface area contributed by atoms with E-state index in [2.05, 4.69) is 27.6 Å². The summed E-state index contributed by atoms with van der Waals surface area (Å²) >= 11 is 7.84. The van der Waals surface area contributed by atoms with E-state index < -0.39 is 6.10 Å². The van der Waals surface area contributed by atoms with Gasteiger partial charge in [-0.2, -0.15) is 0 Å². The van der Waals surface area contributed by atoms with Crippen molar-refractivity contribution < 1.29 is 9.90 Å². The molecular formula is C9H8ClIN2O2. The zero-order chi connectivity index (χ0) is 11.0. The lowest BCUT2D eigenvalue weighted by Crippen LogP contribution is -2.27. The van der Waals surface area contributed by atoms with E-state index in [4.69, 9.17) is 11.6 Å². The predicted octanol–water partition coefficient (Wildman–Crippen LogP) is 1.44. The van der Waals surface area contributed by atoms with Gasteiger partial charge in [0.2, 0.25) is 5.91 Å². The number of halogens is 2. The van der Waals surface area contributed by atoms with Gasteiger partial charge in [0, 0.05) is 6.20 Å². The van der Waals surface area contributed by atoms with Crippen LogP contribution in [0.5, 0.6) is 0 Å². The molecule has 2 rings (SSSR count). The molecule has 80 valence electrons. The number of rotatable bonds is 1. The molecule has 6 heteroatoms. The third-order valence-electron chi connectivity index (χ3n) is 2.15. The van der Waals surface area contributed by atoms with Crippen LogP contribution in [0.1, 0.15) is 6.42 Å². The van der Waals surface area contributed by atoms with Crippen molar-refractivity contribution in [2.24, 2.45) is 0 Å². The molecule has 4 nitrogen and oxygen atoms in total. The molecule has 1 amide bonds. The van der Waals surface area contributed by atoms with Crippen LogP contribution < -0.4 is 4.90 Å². The second kappa shape index (κ2) is 4.23. The topological polar surface area (TPSA) is 53.4 Å². The normalized spacial score (nSPS) is 21.1. The Bertz CT molecular complexity index is 413. The number of aliphatic hydroxyl groups is 1. The van der Waals surface area contributed by atoms with Crippen molar-refractivity contribution in [1.29, 1.82) is 0 Å². The highest BCUT2D eigenvalue weighted by Crippen LogP contribution is 2.26. The lowest BCUT2D eigenvalue weighted by atomic mass is 10.3. The number of nitrogens with zero attached hydrogens (tertiary/aromatic N) is 2. The number of anilines is 1. The highest BCUT2D eigenvalue weighted by Gasteiger charge is 2.30. The summed E-state index contributed by atoms with van der Waals surface area (Å²) in [5.41, 5.74) is 0. The summed E-state index contributed by atoms with van der Waals surface area (Å²) in [6.07, 6.45) is 1.07. The molecule has 0 aliphatic carbocycles. The molecule has 0 aromatic carbocycles. The van der Waals surface area contributed by atoms with Gasteiger partial charge in [-0.1, -0.05) is 11.6 Å². The van der Waals surface area contributed by atoms with E-state index in [1.54, 1.807) is 6.07 Å². The van der Waals surface area contributed by atoms with Crippen LogP contribution >= 0.6 is 34.2 Å². The van der Waals surface area contributed by atoms with Gasteiger partial charge in [0.15, 0.2) is 0 Å². The molecule has 0 saturated carbocycles. The van der Waals surface area contributed by atoms with E-state index in [-0.39, 0.29) is 12.3 Å². The number of carbonyl (C=O) groups is 1. The maximum Gasteiger partial charge on any atom is 0.230 e. The van der Waals surface area contributed by atoms with Crippen molar-refractivity contribution in [2.75, 3.05) is 11.4 Å². The maximum absolute atomic E-state index is 11.5. The molecule has 1 unspecified atom stereocenters. The lowest BCUT2D eigenvalue weighted by Gasteiger charge is -2.16. The fourth-order valence-corrected chi connectivity index (χ4v) is 2.61. The molecule has 1 aliphatic heterocycles. The van der Waals surface area contributed by atoms with Gasteiger partial charge in [-0.05, 0) is 28.7 Å². The van der Waals surface area contributed by atoms with E-state index in [9.17, 15) is 9.90 Å². The molecule has 0 bridgehead atoms. The number of β-amino-alcohol motifs (C(OH)–C–C–N with tert-alkyl or cyclic N) is 1. The quantitative estimate of drug-likeness (QED) is 0.788. The monoisotopic (exact) mass is 338 g/mol. The van der Waals surface area contributed by atoms with Crippen LogP contribution in [0.4, 0.5) is 5.82 Å². The third-order valence-corrected chi connectivity index (χ3v) is 3.15. The summed E-state index contributed by atoms with van der Waals surface area (Å²) in [5.74, 6) is 0.469. The largest absolute Gasteiger partial charge is 0.391 e. The first-order valence-corrected chi connectivity index (χ1v) is 5.83. The van der Waals surface area contributed by atoms with Crippen molar-refractivity contribution >= 4 is 45.9 Å². The Labute approximate surface area is 105 Å². The number of pyridine rings is 1. The first-order valence-electron chi connectivity index (χ1n) is 4.37. The molecule has 1 saturated heterocycles. The zero-order valence-corrected chi connectivity index (χ0v) is 10.6. The van der Waals surface area contributed by atoms with Crippen LogP contribution in [0.2, 0.25) is 5.02 Å². The van der Waals surface area contributed by atoms with Gasteiger partial charge >= 0.3 is 0 Å². The minimum atomic E-state index is -0.592. The van der Waals surface area contributed by atoms with Gasteiger partial charge in [0.1, 0.15) is 5.82 Å². The molecule has 1 fully saturated rings. The van der Waals surface area contributed by atoms with E-state index in [0.29, 0.717) is 17.4 Å². The molecule has 2 heterocycles. The molecule has 1 atom stereocenters. The predicted molar refractivity (Wildman–Crippen MR) is 64.9 cm³/mol. The van der Waals surface area contributed by atoms with E-state index >= 15 is 0 Å². The van der Waals surface area contributed by atoms with Gasteiger partial charge < -0.3 is 5.11 Å². The SMILES string of the molecule is O=C1CC(O)CN1c1ncc(Cl)cc1I. The Morgan fingerprint density at radius 3 is 2.93 bits per heavy atom. The second-order valence-electron chi connectivity index (χ2n) is 3.32. The van der Waals surface area contributed by atoms with Crippen molar-refractivity contribution in [3.8, 4) is 0 Å². The summed E-state index contributed by atoms with van der Waals surface area (Å²) < 4.78 is 0.808. The van der Waals surface area contributed by atoms with E-state index in [1.165, 1.54) is 11.1 Å². The van der Waals surface area contributed by atoms with Crippen LogP contribution in [-0.2, 0) is 4.79 Å². The van der Waals surface area contributed by atoms with Crippen LogP contribution in [0, 0.1) is 3.57 Å². The Morgan fingerprint density at radius 1 is 1.67 bits per heavy atom. The second-order valence-corrected chi connectivity index (χ2v) is 4.92. The van der Waals surface area contributed by atoms with Gasteiger partial charge in [0.25, 0.3) is 0 Å². The van der Waals surface area contributed by atoms with Gasteiger partial charge in [0.05, 0.1) is 27.7 Å². The molecule has 0 radical (unpaired) electrons. The maximum atomic E-state index is 11.5. The minimum absolute atomic E-state index is 0.102. The smallest absolute Gasteiger partial charge is 0.230 e.